The number of ether oxygens (including phenoxy) is 1. The summed E-state index contributed by atoms with van der Waals surface area (Å²) in [6.07, 6.45) is 2.54. The number of nitrogens with zero attached hydrogens (tertiary/aromatic N) is 1. The minimum absolute atomic E-state index is 0.0841. The third kappa shape index (κ3) is 3.38. The maximum atomic E-state index is 11.9. The number of carbonyl (C=O) groups excluding carboxylic acids is 1. The highest BCUT2D eigenvalue weighted by atomic mass is 32.2. The van der Waals surface area contributed by atoms with Crippen LogP contribution in [0, 0.1) is 0 Å². The first-order valence-corrected chi connectivity index (χ1v) is 10.1. The van der Waals surface area contributed by atoms with Gasteiger partial charge >= 0.3 is 5.97 Å². The van der Waals surface area contributed by atoms with Gasteiger partial charge in [0.1, 0.15) is 0 Å². The van der Waals surface area contributed by atoms with Crippen LogP contribution in [-0.2, 0) is 22.5 Å². The first-order chi connectivity index (χ1) is 12.8. The van der Waals surface area contributed by atoms with Gasteiger partial charge in [-0.2, -0.15) is 0 Å². The fourth-order valence-corrected chi connectivity index (χ4v) is 5.14. The molecule has 2 heterocycles. The molecule has 3 aromatic rings. The van der Waals surface area contributed by atoms with Crippen molar-refractivity contribution < 1.29 is 9.53 Å². The quantitative estimate of drug-likeness (QED) is 0.593. The summed E-state index contributed by atoms with van der Waals surface area (Å²) in [5, 5.41) is 2.96. The summed E-state index contributed by atoms with van der Waals surface area (Å²) in [7, 11) is 0. The average molecular weight is 365 g/mol. The molecule has 2 aromatic carbocycles. The Balaban J connectivity index is 1.69. The van der Waals surface area contributed by atoms with Crippen molar-refractivity contribution in [2.24, 2.45) is 0 Å². The molecular formula is C22H23NO2S. The van der Waals surface area contributed by atoms with Crippen molar-refractivity contribution in [3.63, 3.8) is 0 Å². The van der Waals surface area contributed by atoms with Crippen LogP contribution in [-0.4, -0.2) is 22.4 Å². The smallest absolute Gasteiger partial charge is 0.306 e. The van der Waals surface area contributed by atoms with E-state index in [4.69, 9.17) is 4.74 Å². The standard InChI is InChI=1S/C22H23NO2S/c1-2-25-21(24)14-17-12-13-19-18-10-6-7-11-20(18)23(22(19)26-17)15-16-8-4-3-5-9-16/h3-11,17H,2,12-15H2,1H3. The molecule has 0 N–H and O–H groups in total. The van der Waals surface area contributed by atoms with Crippen molar-refractivity contribution in [1.82, 2.24) is 4.57 Å². The largest absolute Gasteiger partial charge is 0.466 e. The van der Waals surface area contributed by atoms with E-state index in [9.17, 15) is 4.79 Å². The van der Waals surface area contributed by atoms with Crippen LogP contribution in [0.5, 0.6) is 0 Å². The topological polar surface area (TPSA) is 31.2 Å². The van der Waals surface area contributed by atoms with E-state index in [1.54, 1.807) is 0 Å². The van der Waals surface area contributed by atoms with Gasteiger partial charge in [-0.25, -0.2) is 0 Å². The Labute approximate surface area is 158 Å². The lowest BCUT2D eigenvalue weighted by atomic mass is 10.1. The fraction of sp³-hybridized carbons (Fsp3) is 0.318. The Morgan fingerprint density at radius 2 is 1.92 bits per heavy atom. The van der Waals surface area contributed by atoms with E-state index >= 15 is 0 Å². The summed E-state index contributed by atoms with van der Waals surface area (Å²) >= 11 is 1.84. The van der Waals surface area contributed by atoms with Gasteiger partial charge in [0.15, 0.2) is 0 Å². The van der Waals surface area contributed by atoms with Crippen LogP contribution < -0.4 is 0 Å². The van der Waals surface area contributed by atoms with Gasteiger partial charge in [-0.1, -0.05) is 48.5 Å². The van der Waals surface area contributed by atoms with E-state index in [0.29, 0.717) is 18.3 Å². The van der Waals surface area contributed by atoms with Gasteiger partial charge in [-0.15, -0.1) is 11.8 Å². The van der Waals surface area contributed by atoms with Crippen LogP contribution >= 0.6 is 11.8 Å². The van der Waals surface area contributed by atoms with Crippen LogP contribution in [0.2, 0.25) is 0 Å². The van der Waals surface area contributed by atoms with Crippen LogP contribution in [0.4, 0.5) is 0 Å². The maximum absolute atomic E-state index is 11.9. The second kappa shape index (κ2) is 7.58. The number of aryl methyl sites for hydroxylation is 1. The number of hydrogen-bond donors (Lipinski definition) is 0. The van der Waals surface area contributed by atoms with E-state index in [-0.39, 0.29) is 5.97 Å². The Bertz CT molecular complexity index is 917. The molecule has 1 aliphatic heterocycles. The molecule has 0 amide bonds. The minimum atomic E-state index is -0.0841. The molecule has 0 bridgehead atoms. The van der Waals surface area contributed by atoms with Gasteiger partial charge in [0.05, 0.1) is 18.1 Å². The number of para-hydroxylation sites is 1. The van der Waals surface area contributed by atoms with Crippen molar-refractivity contribution in [1.29, 1.82) is 0 Å². The zero-order valence-corrected chi connectivity index (χ0v) is 15.8. The van der Waals surface area contributed by atoms with Crippen LogP contribution in [0.25, 0.3) is 10.9 Å². The summed E-state index contributed by atoms with van der Waals surface area (Å²) in [4.78, 5) is 11.9. The van der Waals surface area contributed by atoms with Crippen molar-refractivity contribution in [3.05, 3.63) is 65.7 Å². The molecule has 4 rings (SSSR count). The lowest BCUT2D eigenvalue weighted by Crippen LogP contribution is -2.18. The van der Waals surface area contributed by atoms with Crippen molar-refractivity contribution in [3.8, 4) is 0 Å². The Morgan fingerprint density at radius 3 is 2.73 bits per heavy atom. The molecule has 0 saturated heterocycles. The summed E-state index contributed by atoms with van der Waals surface area (Å²) < 4.78 is 7.58. The first kappa shape index (κ1) is 17.2. The van der Waals surface area contributed by atoms with Gasteiger partial charge in [0.2, 0.25) is 0 Å². The van der Waals surface area contributed by atoms with Crippen LogP contribution in [0.1, 0.15) is 30.9 Å². The summed E-state index contributed by atoms with van der Waals surface area (Å²) in [6, 6.07) is 19.2. The van der Waals surface area contributed by atoms with E-state index in [2.05, 4.69) is 59.2 Å². The third-order valence-corrected chi connectivity index (χ3v) is 6.33. The molecule has 1 unspecified atom stereocenters. The summed E-state index contributed by atoms with van der Waals surface area (Å²) in [6.45, 7) is 3.17. The molecule has 4 heteroatoms. The molecule has 1 aliphatic rings. The zero-order chi connectivity index (χ0) is 17.9. The van der Waals surface area contributed by atoms with Crippen LogP contribution in [0.3, 0.4) is 0 Å². The fourth-order valence-electron chi connectivity index (χ4n) is 3.72. The van der Waals surface area contributed by atoms with Gasteiger partial charge in [-0.3, -0.25) is 4.79 Å². The molecule has 1 aromatic heterocycles. The maximum Gasteiger partial charge on any atom is 0.306 e. The number of benzene rings is 2. The monoisotopic (exact) mass is 365 g/mol. The summed E-state index contributed by atoms with van der Waals surface area (Å²) in [5.41, 5.74) is 4.01. The SMILES string of the molecule is CCOC(=O)CC1CCc2c(n(Cc3ccccc3)c3ccccc23)S1. The lowest BCUT2D eigenvalue weighted by Gasteiger charge is -2.23. The lowest BCUT2D eigenvalue weighted by molar-refractivity contribution is -0.143. The van der Waals surface area contributed by atoms with E-state index in [1.165, 1.54) is 27.1 Å². The normalized spacial score (nSPS) is 16.4. The van der Waals surface area contributed by atoms with Crippen LogP contribution in [0.15, 0.2) is 59.6 Å². The molecule has 0 fully saturated rings. The molecule has 0 saturated carbocycles. The minimum Gasteiger partial charge on any atom is -0.466 e. The van der Waals surface area contributed by atoms with E-state index < -0.39 is 0 Å². The van der Waals surface area contributed by atoms with Gasteiger partial charge in [-0.05, 0) is 37.0 Å². The van der Waals surface area contributed by atoms with Gasteiger partial charge < -0.3 is 9.30 Å². The van der Waals surface area contributed by atoms with Gasteiger partial charge in [0.25, 0.3) is 0 Å². The summed E-state index contributed by atoms with van der Waals surface area (Å²) in [5.74, 6) is -0.0841. The Kier molecular flexibility index (Phi) is 5.02. The number of carbonyl (C=O) groups is 1. The Morgan fingerprint density at radius 1 is 1.15 bits per heavy atom. The zero-order valence-electron chi connectivity index (χ0n) is 15.0. The molecule has 1 atom stereocenters. The number of esters is 1. The molecule has 0 radical (unpaired) electrons. The number of hydrogen-bond acceptors (Lipinski definition) is 3. The number of rotatable bonds is 5. The first-order valence-electron chi connectivity index (χ1n) is 9.22. The predicted octanol–water partition coefficient (Wildman–Crippen LogP) is 5.05. The molecule has 0 spiro atoms. The highest BCUT2D eigenvalue weighted by molar-refractivity contribution is 8.00. The van der Waals surface area contributed by atoms with E-state index in [0.717, 1.165) is 19.4 Å². The van der Waals surface area contributed by atoms with Crippen molar-refractivity contribution >= 4 is 28.6 Å². The second-order valence-electron chi connectivity index (χ2n) is 6.66. The molecule has 3 nitrogen and oxygen atoms in total. The predicted molar refractivity (Wildman–Crippen MR) is 107 cm³/mol. The Hall–Kier alpha value is -2.20. The number of thioether (sulfide) groups is 1. The average Bonchev–Trinajstić information content (AvgIpc) is 2.96. The highest BCUT2D eigenvalue weighted by Gasteiger charge is 2.27. The third-order valence-electron chi connectivity index (χ3n) is 4.90. The van der Waals surface area contributed by atoms with E-state index in [1.807, 2.05) is 18.7 Å². The van der Waals surface area contributed by atoms with Crippen molar-refractivity contribution in [2.75, 3.05) is 6.61 Å². The molecular weight excluding hydrogens is 342 g/mol. The van der Waals surface area contributed by atoms with Crippen molar-refractivity contribution in [2.45, 2.75) is 43.0 Å². The molecule has 134 valence electrons. The highest BCUT2D eigenvalue weighted by Crippen LogP contribution is 2.42. The molecule has 0 aliphatic carbocycles. The van der Waals surface area contributed by atoms with Gasteiger partial charge in [0, 0.05) is 22.7 Å². The second-order valence-corrected chi connectivity index (χ2v) is 7.95. The molecule has 26 heavy (non-hydrogen) atoms. The number of fused-ring (bicyclic) bond motifs is 3. The number of aromatic nitrogens is 1.